The second-order valence-corrected chi connectivity index (χ2v) is 4.91. The van der Waals surface area contributed by atoms with Crippen molar-refractivity contribution in [3.05, 3.63) is 28.8 Å². The monoisotopic (exact) mass is 255 g/mol. The second-order valence-electron chi connectivity index (χ2n) is 4.03. The summed E-state index contributed by atoms with van der Waals surface area (Å²) in [5.41, 5.74) is 6.42. The molecule has 0 amide bonds. The Morgan fingerprint density at radius 2 is 2.06 bits per heavy atom. The highest BCUT2D eigenvalue weighted by Crippen LogP contribution is 2.28. The van der Waals surface area contributed by atoms with Crippen LogP contribution in [0.1, 0.15) is 31.2 Å². The summed E-state index contributed by atoms with van der Waals surface area (Å²) in [5, 5.41) is 0.646. The number of hydrogen-bond donors (Lipinski definition) is 1. The third-order valence-electron chi connectivity index (χ3n) is 2.80. The zero-order valence-electron chi connectivity index (χ0n) is 8.91. The summed E-state index contributed by atoms with van der Waals surface area (Å²) in [7, 11) is 0. The number of benzene rings is 1. The van der Waals surface area contributed by atoms with Crippen LogP contribution in [0.5, 0.6) is 5.75 Å². The first kappa shape index (κ1) is 11.7. The fourth-order valence-electron chi connectivity index (χ4n) is 1.98. The molecule has 0 aliphatic heterocycles. The van der Waals surface area contributed by atoms with E-state index in [9.17, 15) is 0 Å². The predicted molar refractivity (Wildman–Crippen MR) is 70.2 cm³/mol. The summed E-state index contributed by atoms with van der Waals surface area (Å²) < 4.78 is 5.90. The van der Waals surface area contributed by atoms with Crippen molar-refractivity contribution in [1.29, 1.82) is 0 Å². The summed E-state index contributed by atoms with van der Waals surface area (Å²) in [5.74, 6) is 0.715. The fourth-order valence-corrected chi connectivity index (χ4v) is 2.31. The molecule has 86 valence electrons. The van der Waals surface area contributed by atoms with Gasteiger partial charge in [-0.25, -0.2) is 0 Å². The van der Waals surface area contributed by atoms with E-state index < -0.39 is 0 Å². The Hall–Kier alpha value is -0.800. The lowest BCUT2D eigenvalue weighted by Gasteiger charge is -2.16. The minimum atomic E-state index is 0.284. The van der Waals surface area contributed by atoms with Gasteiger partial charge in [-0.3, -0.25) is 0 Å². The van der Waals surface area contributed by atoms with Crippen molar-refractivity contribution in [3.63, 3.8) is 0 Å². The minimum Gasteiger partial charge on any atom is -0.490 e. The van der Waals surface area contributed by atoms with E-state index in [-0.39, 0.29) is 6.10 Å². The van der Waals surface area contributed by atoms with Crippen molar-refractivity contribution in [3.8, 4) is 5.75 Å². The van der Waals surface area contributed by atoms with Crippen molar-refractivity contribution >= 4 is 28.8 Å². The molecule has 16 heavy (non-hydrogen) atoms. The molecular weight excluding hydrogens is 242 g/mol. The molecule has 2 rings (SSSR count). The molecule has 0 heterocycles. The van der Waals surface area contributed by atoms with E-state index in [2.05, 4.69) is 0 Å². The zero-order valence-corrected chi connectivity index (χ0v) is 10.5. The molecule has 0 bridgehead atoms. The zero-order chi connectivity index (χ0) is 11.5. The van der Waals surface area contributed by atoms with Crippen molar-refractivity contribution in [1.82, 2.24) is 0 Å². The number of halogens is 1. The van der Waals surface area contributed by atoms with Crippen LogP contribution in [-0.2, 0) is 0 Å². The Kier molecular flexibility index (Phi) is 3.66. The van der Waals surface area contributed by atoms with Gasteiger partial charge in [-0.1, -0.05) is 23.8 Å². The van der Waals surface area contributed by atoms with Crippen LogP contribution in [0.15, 0.2) is 18.2 Å². The van der Waals surface area contributed by atoms with Crippen molar-refractivity contribution in [2.24, 2.45) is 5.73 Å². The standard InChI is InChI=1S/C12H14ClNOS/c13-8-5-6-10(12(14)16)11(7-8)15-9-3-1-2-4-9/h5-7,9H,1-4H2,(H2,14,16). The fraction of sp³-hybridized carbons (Fsp3) is 0.417. The maximum Gasteiger partial charge on any atom is 0.131 e. The van der Waals surface area contributed by atoms with Crippen LogP contribution in [0.2, 0.25) is 5.02 Å². The normalized spacial score (nSPS) is 16.3. The first-order chi connectivity index (χ1) is 7.66. The molecule has 1 saturated carbocycles. The molecule has 2 nitrogen and oxygen atoms in total. The third-order valence-corrected chi connectivity index (χ3v) is 3.26. The Balaban J connectivity index is 2.22. The van der Waals surface area contributed by atoms with Gasteiger partial charge in [0.1, 0.15) is 10.7 Å². The number of hydrogen-bond acceptors (Lipinski definition) is 2. The number of rotatable bonds is 3. The lowest BCUT2D eigenvalue weighted by atomic mass is 10.2. The van der Waals surface area contributed by atoms with Crippen LogP contribution >= 0.6 is 23.8 Å². The van der Waals surface area contributed by atoms with Crippen LogP contribution < -0.4 is 10.5 Å². The SMILES string of the molecule is NC(=S)c1ccc(Cl)cc1OC1CCCC1. The van der Waals surface area contributed by atoms with E-state index in [1.54, 1.807) is 12.1 Å². The highest BCUT2D eigenvalue weighted by Gasteiger charge is 2.18. The maximum atomic E-state index is 5.94. The summed E-state index contributed by atoms with van der Waals surface area (Å²) in [4.78, 5) is 0.352. The van der Waals surface area contributed by atoms with Crippen molar-refractivity contribution in [2.45, 2.75) is 31.8 Å². The molecular formula is C12H14ClNOS. The maximum absolute atomic E-state index is 5.94. The van der Waals surface area contributed by atoms with Gasteiger partial charge >= 0.3 is 0 Å². The molecule has 2 N–H and O–H groups in total. The molecule has 0 spiro atoms. The number of ether oxygens (including phenoxy) is 1. The summed E-state index contributed by atoms with van der Waals surface area (Å²) >= 11 is 10.9. The first-order valence-corrected chi connectivity index (χ1v) is 6.21. The van der Waals surface area contributed by atoms with Gasteiger partial charge in [-0.2, -0.15) is 0 Å². The number of nitrogens with two attached hydrogens (primary N) is 1. The van der Waals surface area contributed by atoms with Gasteiger partial charge in [0, 0.05) is 5.02 Å². The average Bonchev–Trinajstić information content (AvgIpc) is 2.70. The van der Waals surface area contributed by atoms with Gasteiger partial charge in [0.05, 0.1) is 11.7 Å². The summed E-state index contributed by atoms with van der Waals surface area (Å²) in [6.45, 7) is 0. The Morgan fingerprint density at radius 3 is 2.69 bits per heavy atom. The average molecular weight is 256 g/mol. The van der Waals surface area contributed by atoms with E-state index in [0.29, 0.717) is 15.8 Å². The largest absolute Gasteiger partial charge is 0.490 e. The van der Waals surface area contributed by atoms with Crippen molar-refractivity contribution in [2.75, 3.05) is 0 Å². The third kappa shape index (κ3) is 2.66. The highest BCUT2D eigenvalue weighted by atomic mass is 35.5. The van der Waals surface area contributed by atoms with Crippen LogP contribution in [0.3, 0.4) is 0 Å². The van der Waals surface area contributed by atoms with Crippen molar-refractivity contribution < 1.29 is 4.74 Å². The lowest BCUT2D eigenvalue weighted by Crippen LogP contribution is -2.16. The molecule has 0 saturated heterocycles. The van der Waals surface area contributed by atoms with E-state index >= 15 is 0 Å². The molecule has 1 fully saturated rings. The van der Waals surface area contributed by atoms with Gasteiger partial charge in [-0.15, -0.1) is 0 Å². The molecule has 1 aliphatic carbocycles. The Bertz CT molecular complexity index is 402. The molecule has 0 aromatic heterocycles. The number of thiocarbonyl (C=S) groups is 1. The molecule has 0 atom stereocenters. The Morgan fingerprint density at radius 1 is 1.38 bits per heavy atom. The van der Waals surface area contributed by atoms with E-state index in [1.807, 2.05) is 6.07 Å². The van der Waals surface area contributed by atoms with Gasteiger partial charge in [-0.05, 0) is 43.9 Å². The van der Waals surface area contributed by atoms with Gasteiger partial charge in [0.2, 0.25) is 0 Å². The quantitative estimate of drug-likeness (QED) is 0.842. The van der Waals surface area contributed by atoms with E-state index in [4.69, 9.17) is 34.3 Å². The van der Waals surface area contributed by atoms with Gasteiger partial charge in [0.25, 0.3) is 0 Å². The summed E-state index contributed by atoms with van der Waals surface area (Å²) in [6, 6.07) is 5.38. The highest BCUT2D eigenvalue weighted by molar-refractivity contribution is 7.80. The lowest BCUT2D eigenvalue weighted by molar-refractivity contribution is 0.209. The van der Waals surface area contributed by atoms with E-state index in [1.165, 1.54) is 12.8 Å². The minimum absolute atomic E-state index is 0.284. The predicted octanol–water partition coefficient (Wildman–Crippen LogP) is 3.30. The molecule has 0 unspecified atom stereocenters. The van der Waals surface area contributed by atoms with Crippen LogP contribution in [0.25, 0.3) is 0 Å². The Labute approximate surface area is 106 Å². The second kappa shape index (κ2) is 5.02. The molecule has 1 aromatic carbocycles. The van der Waals surface area contributed by atoms with Gasteiger partial charge < -0.3 is 10.5 Å². The van der Waals surface area contributed by atoms with Crippen LogP contribution in [0, 0.1) is 0 Å². The van der Waals surface area contributed by atoms with Crippen LogP contribution in [-0.4, -0.2) is 11.1 Å². The van der Waals surface area contributed by atoms with Crippen LogP contribution in [0.4, 0.5) is 0 Å². The molecule has 4 heteroatoms. The first-order valence-electron chi connectivity index (χ1n) is 5.43. The molecule has 1 aliphatic rings. The summed E-state index contributed by atoms with van der Waals surface area (Å²) in [6.07, 6.45) is 4.94. The smallest absolute Gasteiger partial charge is 0.131 e. The van der Waals surface area contributed by atoms with E-state index in [0.717, 1.165) is 18.4 Å². The molecule has 0 radical (unpaired) electrons. The van der Waals surface area contributed by atoms with Gasteiger partial charge in [0.15, 0.2) is 0 Å². The topological polar surface area (TPSA) is 35.2 Å². The molecule has 1 aromatic rings.